The van der Waals surface area contributed by atoms with Gasteiger partial charge in [0.1, 0.15) is 11.2 Å². The Morgan fingerprint density at radius 3 is 2.23 bits per heavy atom. The number of hydrogen-bond donors (Lipinski definition) is 1. The summed E-state index contributed by atoms with van der Waals surface area (Å²) >= 11 is 0. The molecule has 0 bridgehead atoms. The predicted octanol–water partition coefficient (Wildman–Crippen LogP) is 2.16. The SMILES string of the molecule is O=C([O-])c1ccc(Nc2c([N+](=O)[O-])cc([N+](=O)[O-])c3cccnc23)cc1. The molecule has 0 aliphatic rings. The number of aromatic carboxylic acids is 1. The first-order valence-electron chi connectivity index (χ1n) is 7.17. The quantitative estimate of drug-likeness (QED) is 0.541. The van der Waals surface area contributed by atoms with E-state index in [1.54, 1.807) is 0 Å². The number of carbonyl (C=O) groups is 1. The van der Waals surface area contributed by atoms with Gasteiger partial charge in [0.05, 0.1) is 27.3 Å². The summed E-state index contributed by atoms with van der Waals surface area (Å²) < 4.78 is 0. The van der Waals surface area contributed by atoms with Crippen LogP contribution < -0.4 is 10.4 Å². The number of benzene rings is 2. The second-order valence-electron chi connectivity index (χ2n) is 5.19. The molecule has 0 fully saturated rings. The first-order chi connectivity index (χ1) is 12.4. The molecule has 10 heteroatoms. The zero-order chi connectivity index (χ0) is 18.8. The van der Waals surface area contributed by atoms with Crippen molar-refractivity contribution in [3.8, 4) is 0 Å². The van der Waals surface area contributed by atoms with Crippen molar-refractivity contribution in [1.29, 1.82) is 0 Å². The van der Waals surface area contributed by atoms with Gasteiger partial charge in [-0.2, -0.15) is 0 Å². The Hall–Kier alpha value is -4.08. The molecule has 1 N–H and O–H groups in total. The lowest BCUT2D eigenvalue weighted by atomic mass is 10.1. The number of anilines is 2. The second-order valence-corrected chi connectivity index (χ2v) is 5.19. The van der Waals surface area contributed by atoms with Crippen molar-refractivity contribution in [3.05, 3.63) is 74.5 Å². The van der Waals surface area contributed by atoms with Crippen LogP contribution in [0.2, 0.25) is 0 Å². The van der Waals surface area contributed by atoms with E-state index in [1.807, 2.05) is 0 Å². The largest absolute Gasteiger partial charge is 0.545 e. The van der Waals surface area contributed by atoms with Gasteiger partial charge in [-0.1, -0.05) is 12.1 Å². The minimum absolute atomic E-state index is 0.0302. The van der Waals surface area contributed by atoms with Crippen molar-refractivity contribution in [2.75, 3.05) is 5.32 Å². The van der Waals surface area contributed by atoms with Gasteiger partial charge >= 0.3 is 5.69 Å². The highest BCUT2D eigenvalue weighted by molar-refractivity contribution is 6.02. The topological polar surface area (TPSA) is 151 Å². The summed E-state index contributed by atoms with van der Waals surface area (Å²) in [6, 6.07) is 9.11. The van der Waals surface area contributed by atoms with Crippen molar-refractivity contribution in [3.63, 3.8) is 0 Å². The fourth-order valence-corrected chi connectivity index (χ4v) is 2.46. The minimum Gasteiger partial charge on any atom is -0.545 e. The normalized spacial score (nSPS) is 10.5. The summed E-state index contributed by atoms with van der Waals surface area (Å²) in [4.78, 5) is 36.0. The van der Waals surface area contributed by atoms with Crippen LogP contribution >= 0.6 is 0 Å². The third-order valence-corrected chi connectivity index (χ3v) is 3.63. The van der Waals surface area contributed by atoms with E-state index in [4.69, 9.17) is 0 Å². The van der Waals surface area contributed by atoms with Crippen molar-refractivity contribution < 1.29 is 19.7 Å². The summed E-state index contributed by atoms with van der Waals surface area (Å²) in [6.07, 6.45) is 1.36. The maximum atomic E-state index is 11.4. The van der Waals surface area contributed by atoms with Crippen LogP contribution in [0.15, 0.2) is 48.7 Å². The van der Waals surface area contributed by atoms with Crippen molar-refractivity contribution >= 4 is 39.6 Å². The van der Waals surface area contributed by atoms with Gasteiger partial charge in [0, 0.05) is 11.9 Å². The predicted molar refractivity (Wildman–Crippen MR) is 89.1 cm³/mol. The maximum absolute atomic E-state index is 11.4. The molecule has 0 amide bonds. The fourth-order valence-electron chi connectivity index (χ4n) is 2.46. The molecule has 0 aliphatic carbocycles. The monoisotopic (exact) mass is 353 g/mol. The summed E-state index contributed by atoms with van der Waals surface area (Å²) in [5, 5.41) is 36.4. The second kappa shape index (κ2) is 6.43. The summed E-state index contributed by atoms with van der Waals surface area (Å²) in [6.45, 7) is 0. The number of nitro benzene ring substituents is 2. The molecule has 2 aromatic carbocycles. The Morgan fingerprint density at radius 2 is 1.65 bits per heavy atom. The number of carbonyl (C=O) groups excluding carboxylic acids is 1. The maximum Gasteiger partial charge on any atom is 0.301 e. The molecule has 0 atom stereocenters. The molecule has 1 heterocycles. The number of aromatic nitrogens is 1. The van der Waals surface area contributed by atoms with Gasteiger partial charge in [-0.3, -0.25) is 25.2 Å². The van der Waals surface area contributed by atoms with Crippen molar-refractivity contribution in [2.24, 2.45) is 0 Å². The smallest absolute Gasteiger partial charge is 0.301 e. The molecular formula is C16H9N4O6-. The van der Waals surface area contributed by atoms with Crippen LogP contribution in [0.3, 0.4) is 0 Å². The molecule has 3 aromatic rings. The molecule has 130 valence electrons. The first kappa shape index (κ1) is 16.8. The molecule has 0 spiro atoms. The third kappa shape index (κ3) is 2.98. The highest BCUT2D eigenvalue weighted by Crippen LogP contribution is 2.39. The molecule has 0 unspecified atom stereocenters. The molecule has 10 nitrogen and oxygen atoms in total. The standard InChI is InChI=1S/C16H10N4O6/c21-16(22)9-3-5-10(6-4-9)18-15-13(20(25)26)8-12(19(23)24)11-2-1-7-17-14(11)15/h1-8,18H,(H,21,22)/p-1. The van der Waals surface area contributed by atoms with Crippen LogP contribution in [-0.2, 0) is 0 Å². The van der Waals surface area contributed by atoms with Crippen LogP contribution in [0, 0.1) is 20.2 Å². The highest BCUT2D eigenvalue weighted by Gasteiger charge is 2.26. The number of hydrogen-bond acceptors (Lipinski definition) is 8. The van der Waals surface area contributed by atoms with E-state index in [0.717, 1.165) is 6.07 Å². The molecule has 26 heavy (non-hydrogen) atoms. The lowest BCUT2D eigenvalue weighted by Gasteiger charge is -2.11. The molecule has 1 aromatic heterocycles. The molecule has 0 saturated heterocycles. The van der Waals surface area contributed by atoms with Gasteiger partial charge in [0.15, 0.2) is 0 Å². The van der Waals surface area contributed by atoms with E-state index in [-0.39, 0.29) is 22.2 Å². The van der Waals surface area contributed by atoms with Crippen molar-refractivity contribution in [2.45, 2.75) is 0 Å². The Kier molecular flexibility index (Phi) is 4.15. The van der Waals surface area contributed by atoms with Crippen LogP contribution in [0.25, 0.3) is 10.9 Å². The van der Waals surface area contributed by atoms with Crippen LogP contribution in [0.4, 0.5) is 22.7 Å². The number of nitrogens with zero attached hydrogens (tertiary/aromatic N) is 3. The van der Waals surface area contributed by atoms with Gasteiger partial charge < -0.3 is 15.2 Å². The number of non-ortho nitro benzene ring substituents is 1. The third-order valence-electron chi connectivity index (χ3n) is 3.63. The first-order valence-corrected chi connectivity index (χ1v) is 7.17. The van der Waals surface area contributed by atoms with Crippen LogP contribution in [0.1, 0.15) is 10.4 Å². The van der Waals surface area contributed by atoms with Gasteiger partial charge in [-0.25, -0.2) is 0 Å². The van der Waals surface area contributed by atoms with Gasteiger partial charge in [0.2, 0.25) is 0 Å². The molecule has 0 saturated carbocycles. The van der Waals surface area contributed by atoms with E-state index in [9.17, 15) is 30.1 Å². The van der Waals surface area contributed by atoms with E-state index in [0.29, 0.717) is 5.69 Å². The zero-order valence-corrected chi connectivity index (χ0v) is 12.9. The average Bonchev–Trinajstić information content (AvgIpc) is 2.61. The number of fused-ring (bicyclic) bond motifs is 1. The number of nitro groups is 2. The Bertz CT molecular complexity index is 1050. The molecule has 0 radical (unpaired) electrons. The Labute approximate surface area is 145 Å². The number of nitrogens with one attached hydrogen (secondary N) is 1. The number of carboxylic acid groups (broad SMARTS) is 1. The van der Waals surface area contributed by atoms with Crippen LogP contribution in [-0.4, -0.2) is 20.8 Å². The fraction of sp³-hybridized carbons (Fsp3) is 0. The highest BCUT2D eigenvalue weighted by atomic mass is 16.6. The van der Waals surface area contributed by atoms with Crippen LogP contribution in [0.5, 0.6) is 0 Å². The molecule has 3 rings (SSSR count). The van der Waals surface area contributed by atoms with E-state index >= 15 is 0 Å². The zero-order valence-electron chi connectivity index (χ0n) is 12.9. The number of rotatable bonds is 5. The van der Waals surface area contributed by atoms with E-state index < -0.39 is 27.2 Å². The lowest BCUT2D eigenvalue weighted by molar-refractivity contribution is -0.392. The Morgan fingerprint density at radius 1 is 1.00 bits per heavy atom. The van der Waals surface area contributed by atoms with E-state index in [2.05, 4.69) is 10.3 Å². The van der Waals surface area contributed by atoms with Gasteiger partial charge in [0.25, 0.3) is 5.69 Å². The van der Waals surface area contributed by atoms with Gasteiger partial charge in [-0.05, 0) is 29.8 Å². The lowest BCUT2D eigenvalue weighted by Crippen LogP contribution is -2.21. The number of carboxylic acids is 1. The molecule has 0 aliphatic heterocycles. The van der Waals surface area contributed by atoms with Crippen molar-refractivity contribution in [1.82, 2.24) is 4.98 Å². The Balaban J connectivity index is 2.19. The van der Waals surface area contributed by atoms with E-state index in [1.165, 1.54) is 42.6 Å². The minimum atomic E-state index is -1.36. The summed E-state index contributed by atoms with van der Waals surface area (Å²) in [5.74, 6) is -1.36. The average molecular weight is 353 g/mol. The summed E-state index contributed by atoms with van der Waals surface area (Å²) in [5.41, 5.74) is -0.644. The van der Waals surface area contributed by atoms with Gasteiger partial charge in [-0.15, -0.1) is 0 Å². The number of pyridine rings is 1. The molecular weight excluding hydrogens is 344 g/mol. The summed E-state index contributed by atoms with van der Waals surface area (Å²) in [7, 11) is 0.